The maximum absolute atomic E-state index is 11.7. The largest absolute Gasteiger partial charge is 0.497 e. The topological polar surface area (TPSA) is 59.0 Å². The van der Waals surface area contributed by atoms with E-state index in [4.69, 9.17) is 9.47 Å². The fourth-order valence-corrected chi connectivity index (χ4v) is 3.04. The van der Waals surface area contributed by atoms with E-state index < -0.39 is 11.9 Å². The summed E-state index contributed by atoms with van der Waals surface area (Å²) < 4.78 is 10.7. The molecule has 1 heterocycles. The van der Waals surface area contributed by atoms with Gasteiger partial charge in [-0.3, -0.25) is 9.69 Å². The molecule has 0 saturated carbocycles. The van der Waals surface area contributed by atoms with E-state index in [2.05, 4.69) is 25.7 Å². The summed E-state index contributed by atoms with van der Waals surface area (Å²) in [6.07, 6.45) is 0. The molecule has 1 aromatic rings. The molecule has 5 heteroatoms. The molecule has 1 saturated heterocycles. The molecule has 122 valence electrons. The number of methoxy groups -OCH3 is 2. The van der Waals surface area contributed by atoms with E-state index in [0.717, 1.165) is 5.56 Å². The van der Waals surface area contributed by atoms with Crippen LogP contribution in [0.3, 0.4) is 0 Å². The summed E-state index contributed by atoms with van der Waals surface area (Å²) in [6, 6.07) is 5.59. The Bertz CT molecular complexity index is 550. The van der Waals surface area contributed by atoms with E-state index in [0.29, 0.717) is 24.6 Å². The van der Waals surface area contributed by atoms with Gasteiger partial charge in [0.25, 0.3) is 0 Å². The minimum atomic E-state index is -0.755. The maximum Gasteiger partial charge on any atom is 0.308 e. The minimum absolute atomic E-state index is 0.0534. The summed E-state index contributed by atoms with van der Waals surface area (Å²) in [4.78, 5) is 13.9. The number of hydrogen-bond donors (Lipinski definition) is 1. The lowest BCUT2D eigenvalue weighted by Gasteiger charge is -2.31. The second-order valence-electron chi connectivity index (χ2n) is 6.73. The third kappa shape index (κ3) is 3.19. The van der Waals surface area contributed by atoms with Crippen molar-refractivity contribution >= 4 is 5.97 Å². The predicted octanol–water partition coefficient (Wildman–Crippen LogP) is 2.60. The van der Waals surface area contributed by atoms with Gasteiger partial charge in [0.2, 0.25) is 0 Å². The van der Waals surface area contributed by atoms with Gasteiger partial charge in [0.05, 0.1) is 20.1 Å². The average Bonchev–Trinajstić information content (AvgIpc) is 2.91. The number of carbonyl (C=O) groups is 1. The van der Waals surface area contributed by atoms with Gasteiger partial charge in [0.1, 0.15) is 11.5 Å². The van der Waals surface area contributed by atoms with Gasteiger partial charge in [-0.15, -0.1) is 0 Å². The summed E-state index contributed by atoms with van der Waals surface area (Å²) in [7, 11) is 3.20. The van der Waals surface area contributed by atoms with Crippen LogP contribution in [0.25, 0.3) is 0 Å². The van der Waals surface area contributed by atoms with E-state index in [1.165, 1.54) is 0 Å². The highest BCUT2D eigenvalue weighted by atomic mass is 16.5. The Kier molecular flexibility index (Phi) is 4.66. The van der Waals surface area contributed by atoms with Crippen molar-refractivity contribution in [2.75, 3.05) is 27.3 Å². The lowest BCUT2D eigenvalue weighted by atomic mass is 9.88. The number of rotatable bonds is 4. The molecule has 0 bridgehead atoms. The molecule has 0 amide bonds. The molecule has 1 fully saturated rings. The Morgan fingerprint density at radius 2 is 1.91 bits per heavy atom. The third-order valence-corrected chi connectivity index (χ3v) is 4.43. The second kappa shape index (κ2) is 6.16. The molecule has 0 aromatic heterocycles. The van der Waals surface area contributed by atoms with Gasteiger partial charge in [-0.25, -0.2) is 0 Å². The molecule has 1 aliphatic heterocycles. The molecule has 2 atom stereocenters. The number of likely N-dealkylation sites (tertiary alicyclic amines) is 1. The van der Waals surface area contributed by atoms with Crippen LogP contribution in [0.4, 0.5) is 0 Å². The van der Waals surface area contributed by atoms with Crippen molar-refractivity contribution in [1.82, 2.24) is 4.90 Å². The van der Waals surface area contributed by atoms with Crippen molar-refractivity contribution in [3.05, 3.63) is 23.8 Å². The quantitative estimate of drug-likeness (QED) is 0.926. The van der Waals surface area contributed by atoms with Crippen molar-refractivity contribution in [2.24, 2.45) is 5.92 Å². The predicted molar refractivity (Wildman–Crippen MR) is 84.7 cm³/mol. The van der Waals surface area contributed by atoms with E-state index in [-0.39, 0.29) is 11.5 Å². The molecule has 0 spiro atoms. The average molecular weight is 307 g/mol. The van der Waals surface area contributed by atoms with E-state index in [1.54, 1.807) is 14.2 Å². The normalized spacial score (nSPS) is 22.6. The zero-order valence-electron chi connectivity index (χ0n) is 13.9. The Labute approximate surface area is 131 Å². The number of carboxylic acid groups (broad SMARTS) is 1. The lowest BCUT2D eigenvalue weighted by Crippen LogP contribution is -2.40. The lowest BCUT2D eigenvalue weighted by molar-refractivity contribution is -0.141. The molecular weight excluding hydrogens is 282 g/mol. The van der Waals surface area contributed by atoms with Crippen LogP contribution >= 0.6 is 0 Å². The van der Waals surface area contributed by atoms with Crippen LogP contribution in [0.15, 0.2) is 18.2 Å². The van der Waals surface area contributed by atoms with Gasteiger partial charge in [-0.05, 0) is 32.4 Å². The molecule has 5 nitrogen and oxygen atoms in total. The fourth-order valence-electron chi connectivity index (χ4n) is 3.04. The zero-order chi connectivity index (χ0) is 16.5. The molecular formula is C17H25NO4. The molecule has 0 radical (unpaired) electrons. The second-order valence-corrected chi connectivity index (χ2v) is 6.73. The number of nitrogens with zero attached hydrogens (tertiary/aromatic N) is 1. The first kappa shape index (κ1) is 16.6. The molecule has 0 unspecified atom stereocenters. The van der Waals surface area contributed by atoms with Crippen LogP contribution < -0.4 is 9.47 Å². The molecule has 1 aromatic carbocycles. The Morgan fingerprint density at radius 3 is 2.41 bits per heavy atom. The van der Waals surface area contributed by atoms with Gasteiger partial charge in [-0.2, -0.15) is 0 Å². The SMILES string of the molecule is COc1ccc([C@H]2CN(C(C)(C)C)C[C@@H]2C(=O)O)c(OC)c1. The molecule has 22 heavy (non-hydrogen) atoms. The third-order valence-electron chi connectivity index (χ3n) is 4.43. The number of benzene rings is 1. The standard InChI is InChI=1S/C17H25NO4/c1-17(2,3)18-9-13(14(10-18)16(19)20)12-7-6-11(21-4)8-15(12)22-5/h6-8,13-14H,9-10H2,1-5H3,(H,19,20)/t13-,14+/m1/s1. The highest BCUT2D eigenvalue weighted by molar-refractivity contribution is 5.72. The first-order valence-electron chi connectivity index (χ1n) is 7.47. The number of aliphatic carboxylic acids is 1. The Hall–Kier alpha value is -1.75. The van der Waals surface area contributed by atoms with Crippen molar-refractivity contribution < 1.29 is 19.4 Å². The number of ether oxygens (including phenoxy) is 2. The molecule has 1 N–H and O–H groups in total. The van der Waals surface area contributed by atoms with Gasteiger partial charge in [0.15, 0.2) is 0 Å². The summed E-state index contributed by atoms with van der Waals surface area (Å²) in [6.45, 7) is 7.60. The first-order chi connectivity index (χ1) is 10.3. The van der Waals surface area contributed by atoms with Crippen LogP contribution in [-0.2, 0) is 4.79 Å². The smallest absolute Gasteiger partial charge is 0.308 e. The van der Waals surface area contributed by atoms with E-state index >= 15 is 0 Å². The maximum atomic E-state index is 11.7. The van der Waals surface area contributed by atoms with Crippen LogP contribution in [0.2, 0.25) is 0 Å². The van der Waals surface area contributed by atoms with Crippen LogP contribution in [0, 0.1) is 5.92 Å². The highest BCUT2D eigenvalue weighted by Crippen LogP contribution is 2.41. The number of carboxylic acids is 1. The van der Waals surface area contributed by atoms with Gasteiger partial charge < -0.3 is 14.6 Å². The Morgan fingerprint density at radius 1 is 1.23 bits per heavy atom. The summed E-state index contributed by atoms with van der Waals surface area (Å²) >= 11 is 0. The molecule has 0 aliphatic carbocycles. The van der Waals surface area contributed by atoms with Crippen molar-refractivity contribution in [1.29, 1.82) is 0 Å². The summed E-state index contributed by atoms with van der Waals surface area (Å²) in [5, 5.41) is 9.60. The zero-order valence-corrected chi connectivity index (χ0v) is 13.9. The fraction of sp³-hybridized carbons (Fsp3) is 0.588. The van der Waals surface area contributed by atoms with Crippen LogP contribution in [-0.4, -0.2) is 48.8 Å². The monoisotopic (exact) mass is 307 g/mol. The van der Waals surface area contributed by atoms with E-state index in [1.807, 2.05) is 18.2 Å². The Balaban J connectivity index is 2.39. The van der Waals surface area contributed by atoms with E-state index in [9.17, 15) is 9.90 Å². The minimum Gasteiger partial charge on any atom is -0.497 e. The summed E-state index contributed by atoms with van der Waals surface area (Å²) in [5.74, 6) is 0.123. The molecule has 2 rings (SSSR count). The number of hydrogen-bond acceptors (Lipinski definition) is 4. The van der Waals surface area contributed by atoms with Gasteiger partial charge in [0, 0.05) is 30.6 Å². The first-order valence-corrected chi connectivity index (χ1v) is 7.47. The van der Waals surface area contributed by atoms with Gasteiger partial charge in [-0.1, -0.05) is 6.07 Å². The molecule has 1 aliphatic rings. The van der Waals surface area contributed by atoms with Crippen LogP contribution in [0.1, 0.15) is 32.3 Å². The van der Waals surface area contributed by atoms with Crippen LogP contribution in [0.5, 0.6) is 11.5 Å². The summed E-state index contributed by atoms with van der Waals surface area (Å²) in [5.41, 5.74) is 0.879. The van der Waals surface area contributed by atoms with Crippen molar-refractivity contribution in [3.8, 4) is 11.5 Å². The highest BCUT2D eigenvalue weighted by Gasteiger charge is 2.43. The van der Waals surface area contributed by atoms with Gasteiger partial charge >= 0.3 is 5.97 Å². The van der Waals surface area contributed by atoms with Crippen molar-refractivity contribution in [3.63, 3.8) is 0 Å². The van der Waals surface area contributed by atoms with Crippen molar-refractivity contribution in [2.45, 2.75) is 32.2 Å².